The summed E-state index contributed by atoms with van der Waals surface area (Å²) in [4.78, 5) is 19.7. The van der Waals surface area contributed by atoms with E-state index in [2.05, 4.69) is 36.3 Å². The number of ether oxygens (including phenoxy) is 2. The third-order valence-electron chi connectivity index (χ3n) is 4.07. The van der Waals surface area contributed by atoms with Gasteiger partial charge in [-0.05, 0) is 38.5 Å². The molecule has 0 fully saturated rings. The largest absolute Gasteiger partial charge is 0.493 e. The minimum absolute atomic E-state index is 0.232. The number of methoxy groups -OCH3 is 2. The first-order chi connectivity index (χ1) is 12.7. The van der Waals surface area contributed by atoms with E-state index >= 15 is 0 Å². The molecule has 0 bridgehead atoms. The van der Waals surface area contributed by atoms with Gasteiger partial charge in [0, 0.05) is 11.0 Å². The molecule has 144 valence electrons. The van der Waals surface area contributed by atoms with E-state index in [1.54, 1.807) is 25.1 Å². The highest BCUT2D eigenvalue weighted by molar-refractivity contribution is 9.10. The Balaban J connectivity index is 1.93. The van der Waals surface area contributed by atoms with Crippen LogP contribution in [-0.2, 0) is 12.1 Å². The molecular formula is C18H22BrN5O3. The van der Waals surface area contributed by atoms with Crippen LogP contribution < -0.4 is 20.3 Å². The van der Waals surface area contributed by atoms with Crippen LogP contribution in [0.1, 0.15) is 26.3 Å². The SMILES string of the molecule is COc1cc(Br)c(CNc2nc3c(cnn3C(C)(C)C)c(=O)[nH]2)cc1OC. The number of nitrogens with one attached hydrogen (secondary N) is 2. The smallest absolute Gasteiger partial charge is 0.263 e. The lowest BCUT2D eigenvalue weighted by molar-refractivity contribution is 0.354. The summed E-state index contributed by atoms with van der Waals surface area (Å²) in [5.74, 6) is 1.63. The van der Waals surface area contributed by atoms with Crippen molar-refractivity contribution in [2.45, 2.75) is 32.9 Å². The van der Waals surface area contributed by atoms with E-state index in [0.29, 0.717) is 35.0 Å². The van der Waals surface area contributed by atoms with Gasteiger partial charge in [-0.15, -0.1) is 0 Å². The predicted molar refractivity (Wildman–Crippen MR) is 108 cm³/mol. The van der Waals surface area contributed by atoms with Gasteiger partial charge < -0.3 is 14.8 Å². The highest BCUT2D eigenvalue weighted by Gasteiger charge is 2.20. The Hall–Kier alpha value is -2.55. The second-order valence-electron chi connectivity index (χ2n) is 7.03. The Kier molecular flexibility index (Phi) is 5.14. The maximum absolute atomic E-state index is 12.4. The summed E-state index contributed by atoms with van der Waals surface area (Å²) < 4.78 is 13.2. The molecule has 27 heavy (non-hydrogen) atoms. The topological polar surface area (TPSA) is 94.1 Å². The maximum atomic E-state index is 12.4. The Labute approximate surface area is 165 Å². The fourth-order valence-electron chi connectivity index (χ4n) is 2.70. The number of anilines is 1. The number of fused-ring (bicyclic) bond motifs is 1. The van der Waals surface area contributed by atoms with Gasteiger partial charge in [-0.25, -0.2) is 4.68 Å². The van der Waals surface area contributed by atoms with Gasteiger partial charge in [0.2, 0.25) is 5.95 Å². The van der Waals surface area contributed by atoms with E-state index in [-0.39, 0.29) is 11.1 Å². The first-order valence-electron chi connectivity index (χ1n) is 8.37. The minimum atomic E-state index is -0.286. The van der Waals surface area contributed by atoms with Crippen LogP contribution in [0.3, 0.4) is 0 Å². The summed E-state index contributed by atoms with van der Waals surface area (Å²) in [6.45, 7) is 6.46. The van der Waals surface area contributed by atoms with Gasteiger partial charge in [0.05, 0.1) is 26.0 Å². The lowest BCUT2D eigenvalue weighted by Gasteiger charge is -2.19. The van der Waals surface area contributed by atoms with E-state index in [1.807, 2.05) is 32.9 Å². The average Bonchev–Trinajstić information content (AvgIpc) is 3.05. The summed E-state index contributed by atoms with van der Waals surface area (Å²) in [5.41, 5.74) is 0.955. The van der Waals surface area contributed by atoms with Crippen LogP contribution in [0, 0.1) is 0 Å². The molecule has 8 nitrogen and oxygen atoms in total. The van der Waals surface area contributed by atoms with Crippen LogP contribution in [0.25, 0.3) is 11.0 Å². The van der Waals surface area contributed by atoms with Crippen LogP contribution in [0.15, 0.2) is 27.6 Å². The average molecular weight is 436 g/mol. The number of hydrogen-bond acceptors (Lipinski definition) is 6. The molecule has 3 rings (SSSR count). The Morgan fingerprint density at radius 1 is 1.22 bits per heavy atom. The number of aromatic nitrogens is 4. The Morgan fingerprint density at radius 2 is 1.89 bits per heavy atom. The van der Waals surface area contributed by atoms with Crippen LogP contribution in [0.5, 0.6) is 11.5 Å². The van der Waals surface area contributed by atoms with E-state index in [1.165, 1.54) is 0 Å². The molecule has 0 spiro atoms. The van der Waals surface area contributed by atoms with Gasteiger partial charge in [-0.3, -0.25) is 9.78 Å². The fraction of sp³-hybridized carbons (Fsp3) is 0.389. The van der Waals surface area contributed by atoms with Crippen molar-refractivity contribution in [3.63, 3.8) is 0 Å². The molecule has 0 amide bonds. The quantitative estimate of drug-likeness (QED) is 0.638. The van der Waals surface area contributed by atoms with E-state index < -0.39 is 0 Å². The number of benzene rings is 1. The number of nitrogens with zero attached hydrogens (tertiary/aromatic N) is 3. The van der Waals surface area contributed by atoms with Crippen LogP contribution >= 0.6 is 15.9 Å². The first-order valence-corrected chi connectivity index (χ1v) is 9.16. The van der Waals surface area contributed by atoms with Gasteiger partial charge in [-0.1, -0.05) is 15.9 Å². The Morgan fingerprint density at radius 3 is 2.52 bits per heavy atom. The highest BCUT2D eigenvalue weighted by Crippen LogP contribution is 2.33. The van der Waals surface area contributed by atoms with E-state index in [0.717, 1.165) is 10.0 Å². The highest BCUT2D eigenvalue weighted by atomic mass is 79.9. The molecular weight excluding hydrogens is 414 g/mol. The zero-order valence-corrected chi connectivity index (χ0v) is 17.5. The van der Waals surface area contributed by atoms with E-state index in [4.69, 9.17) is 9.47 Å². The van der Waals surface area contributed by atoms with Gasteiger partial charge in [0.1, 0.15) is 5.39 Å². The summed E-state index contributed by atoms with van der Waals surface area (Å²) in [6, 6.07) is 3.70. The lowest BCUT2D eigenvalue weighted by Crippen LogP contribution is -2.24. The summed E-state index contributed by atoms with van der Waals surface area (Å²) in [7, 11) is 3.17. The molecule has 9 heteroatoms. The zero-order valence-electron chi connectivity index (χ0n) is 15.9. The summed E-state index contributed by atoms with van der Waals surface area (Å²) >= 11 is 3.53. The van der Waals surface area contributed by atoms with Gasteiger partial charge in [0.15, 0.2) is 17.1 Å². The maximum Gasteiger partial charge on any atom is 0.263 e. The monoisotopic (exact) mass is 435 g/mol. The van der Waals surface area contributed by atoms with Gasteiger partial charge >= 0.3 is 0 Å². The third kappa shape index (κ3) is 3.78. The molecule has 0 radical (unpaired) electrons. The number of aromatic amines is 1. The summed E-state index contributed by atoms with van der Waals surface area (Å²) in [6.07, 6.45) is 1.54. The standard InChI is InChI=1S/C18H22BrN5O3/c1-18(2,3)24-15-11(9-21-24)16(25)23-17(22-15)20-8-10-6-13(26-4)14(27-5)7-12(10)19/h6-7,9H,8H2,1-5H3,(H2,20,22,23,25). The summed E-state index contributed by atoms with van der Waals surface area (Å²) in [5, 5.41) is 7.93. The molecule has 1 aromatic carbocycles. The Bertz CT molecular complexity index is 1040. The van der Waals surface area contributed by atoms with Crippen LogP contribution in [0.2, 0.25) is 0 Å². The molecule has 0 unspecified atom stereocenters. The molecule has 0 aliphatic carbocycles. The molecule has 0 aliphatic heterocycles. The van der Waals surface area contributed by atoms with Crippen molar-refractivity contribution >= 4 is 32.9 Å². The van der Waals surface area contributed by atoms with Crippen molar-refractivity contribution in [2.75, 3.05) is 19.5 Å². The molecule has 2 aromatic heterocycles. The number of hydrogen-bond donors (Lipinski definition) is 2. The molecule has 0 saturated carbocycles. The van der Waals surface area contributed by atoms with Gasteiger partial charge in [0.25, 0.3) is 5.56 Å². The predicted octanol–water partition coefficient (Wildman–Crippen LogP) is 3.27. The van der Waals surface area contributed by atoms with E-state index in [9.17, 15) is 4.79 Å². The van der Waals surface area contributed by atoms with Crippen molar-refractivity contribution in [2.24, 2.45) is 0 Å². The molecule has 0 atom stereocenters. The molecule has 0 saturated heterocycles. The second-order valence-corrected chi connectivity index (χ2v) is 7.89. The van der Waals surface area contributed by atoms with Crippen molar-refractivity contribution in [3.05, 3.63) is 38.7 Å². The number of halogens is 1. The van der Waals surface area contributed by atoms with Gasteiger partial charge in [-0.2, -0.15) is 10.1 Å². The number of H-pyrrole nitrogens is 1. The van der Waals surface area contributed by atoms with Crippen molar-refractivity contribution in [3.8, 4) is 11.5 Å². The first kappa shape index (κ1) is 19.2. The normalized spacial score (nSPS) is 11.6. The molecule has 2 N–H and O–H groups in total. The van der Waals surface area contributed by atoms with Crippen LogP contribution in [0.4, 0.5) is 5.95 Å². The van der Waals surface area contributed by atoms with Crippen LogP contribution in [-0.4, -0.2) is 34.0 Å². The molecule has 2 heterocycles. The molecule has 3 aromatic rings. The van der Waals surface area contributed by atoms with Crippen molar-refractivity contribution < 1.29 is 9.47 Å². The second kappa shape index (κ2) is 7.22. The van der Waals surface area contributed by atoms with Crippen molar-refractivity contribution in [1.82, 2.24) is 19.7 Å². The third-order valence-corrected chi connectivity index (χ3v) is 4.81. The van der Waals surface area contributed by atoms with Crippen molar-refractivity contribution in [1.29, 1.82) is 0 Å². The fourth-order valence-corrected chi connectivity index (χ4v) is 3.17. The minimum Gasteiger partial charge on any atom is -0.493 e. The molecule has 0 aliphatic rings. The number of rotatable bonds is 5. The zero-order chi connectivity index (χ0) is 19.8. The lowest BCUT2D eigenvalue weighted by atomic mass is 10.1.